The van der Waals surface area contributed by atoms with Crippen molar-refractivity contribution in [3.8, 4) is 22.0 Å². The quantitative estimate of drug-likeness (QED) is 0.737. The van der Waals surface area contributed by atoms with Gasteiger partial charge in [-0.3, -0.25) is 9.59 Å². The molecule has 0 bridgehead atoms. The van der Waals surface area contributed by atoms with Crippen LogP contribution in [0.3, 0.4) is 0 Å². The van der Waals surface area contributed by atoms with E-state index < -0.39 is 11.9 Å². The van der Waals surface area contributed by atoms with Crippen molar-refractivity contribution in [3.05, 3.63) is 53.6 Å². The number of benzene rings is 1. The number of hydrogen-bond donors (Lipinski definition) is 1. The van der Waals surface area contributed by atoms with Crippen LogP contribution < -0.4 is 0 Å². The van der Waals surface area contributed by atoms with E-state index in [4.69, 9.17) is 4.42 Å². The van der Waals surface area contributed by atoms with Crippen molar-refractivity contribution < 1.29 is 19.1 Å². The number of hydrogen-bond acceptors (Lipinski definition) is 5. The monoisotopic (exact) mass is 382 g/mol. The first-order valence-corrected chi connectivity index (χ1v) is 9.52. The topological polar surface area (TPSA) is 83.6 Å². The number of aliphatic carboxylic acids is 1. The van der Waals surface area contributed by atoms with Gasteiger partial charge in [0.25, 0.3) is 5.91 Å². The second-order valence-corrected chi connectivity index (χ2v) is 7.51. The van der Waals surface area contributed by atoms with E-state index in [1.54, 1.807) is 30.2 Å². The molecule has 0 radical (unpaired) electrons. The van der Waals surface area contributed by atoms with Crippen LogP contribution in [0.5, 0.6) is 0 Å². The molecular formula is C20H18N2O4S. The van der Waals surface area contributed by atoms with E-state index in [0.717, 1.165) is 5.56 Å². The van der Waals surface area contributed by atoms with Crippen LogP contribution in [0.15, 0.2) is 53.1 Å². The summed E-state index contributed by atoms with van der Waals surface area (Å²) in [6, 6.07) is 12.7. The lowest BCUT2D eigenvalue weighted by Gasteiger charge is -2.23. The summed E-state index contributed by atoms with van der Waals surface area (Å²) in [6.45, 7) is 2.22. The number of carbonyl (C=O) groups is 2. The van der Waals surface area contributed by atoms with E-state index >= 15 is 0 Å². The summed E-state index contributed by atoms with van der Waals surface area (Å²) in [5.74, 6) is -0.970. The molecule has 0 saturated carbocycles. The zero-order chi connectivity index (χ0) is 19.0. The maximum Gasteiger partial charge on any atom is 0.308 e. The van der Waals surface area contributed by atoms with Crippen molar-refractivity contribution in [1.29, 1.82) is 0 Å². The van der Waals surface area contributed by atoms with Crippen molar-refractivity contribution in [2.45, 2.75) is 19.4 Å². The number of aromatic nitrogens is 1. The fourth-order valence-electron chi connectivity index (χ4n) is 3.45. The Hall–Kier alpha value is -2.93. The van der Waals surface area contributed by atoms with E-state index in [1.807, 2.05) is 30.3 Å². The minimum absolute atomic E-state index is 0.180. The SMILES string of the molecule is CC1C(C(=O)O)CCN1C(=O)c1sc(-c2ccco2)nc1-c1ccccc1. The molecule has 1 amide bonds. The van der Waals surface area contributed by atoms with Gasteiger partial charge in [0.05, 0.1) is 17.9 Å². The second kappa shape index (κ2) is 7.00. The third-order valence-electron chi connectivity index (χ3n) is 4.93. The first kappa shape index (κ1) is 17.5. The highest BCUT2D eigenvalue weighted by Crippen LogP contribution is 2.36. The summed E-state index contributed by atoms with van der Waals surface area (Å²) in [5.41, 5.74) is 1.44. The summed E-state index contributed by atoms with van der Waals surface area (Å²) >= 11 is 1.28. The van der Waals surface area contributed by atoms with Crippen LogP contribution in [0.4, 0.5) is 0 Å². The van der Waals surface area contributed by atoms with Crippen LogP contribution in [-0.4, -0.2) is 39.5 Å². The number of carbonyl (C=O) groups excluding carboxylic acids is 1. The van der Waals surface area contributed by atoms with Gasteiger partial charge in [0, 0.05) is 18.2 Å². The Morgan fingerprint density at radius 1 is 1.22 bits per heavy atom. The first-order chi connectivity index (χ1) is 13.1. The molecule has 1 aromatic carbocycles. The Labute approximate surface area is 160 Å². The van der Waals surface area contributed by atoms with Gasteiger partial charge in [-0.25, -0.2) is 4.98 Å². The van der Waals surface area contributed by atoms with Gasteiger partial charge in [0.2, 0.25) is 0 Å². The average molecular weight is 382 g/mol. The van der Waals surface area contributed by atoms with Gasteiger partial charge in [-0.05, 0) is 25.5 Å². The molecule has 3 aromatic rings. The lowest BCUT2D eigenvalue weighted by Crippen LogP contribution is -2.37. The molecule has 1 fully saturated rings. The molecule has 27 heavy (non-hydrogen) atoms. The molecule has 7 heteroatoms. The Balaban J connectivity index is 1.75. The molecule has 1 N–H and O–H groups in total. The minimum atomic E-state index is -0.860. The van der Waals surface area contributed by atoms with Crippen molar-refractivity contribution >= 4 is 23.2 Å². The maximum absolute atomic E-state index is 13.3. The average Bonchev–Trinajstić information content (AvgIpc) is 3.40. The Morgan fingerprint density at radius 2 is 2.00 bits per heavy atom. The fraction of sp³-hybridized carbons (Fsp3) is 0.250. The van der Waals surface area contributed by atoms with Crippen LogP contribution in [0.1, 0.15) is 23.0 Å². The Kier molecular flexibility index (Phi) is 4.53. The molecule has 1 saturated heterocycles. The van der Waals surface area contributed by atoms with Gasteiger partial charge in [0.1, 0.15) is 4.88 Å². The molecule has 138 valence electrons. The molecule has 6 nitrogen and oxygen atoms in total. The number of nitrogens with zero attached hydrogens (tertiary/aromatic N) is 2. The molecule has 1 aliphatic heterocycles. The van der Waals surface area contributed by atoms with Crippen LogP contribution in [-0.2, 0) is 4.79 Å². The molecule has 2 unspecified atom stereocenters. The number of carboxylic acids is 1. The number of amides is 1. The van der Waals surface area contributed by atoms with Crippen LogP contribution in [0.25, 0.3) is 22.0 Å². The minimum Gasteiger partial charge on any atom is -0.481 e. The smallest absolute Gasteiger partial charge is 0.308 e. The normalized spacial score (nSPS) is 19.4. The third kappa shape index (κ3) is 3.14. The third-order valence-corrected chi connectivity index (χ3v) is 5.99. The largest absolute Gasteiger partial charge is 0.481 e. The molecule has 2 aromatic heterocycles. The molecule has 1 aliphatic rings. The van der Waals surface area contributed by atoms with E-state index in [0.29, 0.717) is 34.3 Å². The van der Waals surface area contributed by atoms with E-state index in [-0.39, 0.29) is 11.9 Å². The van der Waals surface area contributed by atoms with Gasteiger partial charge < -0.3 is 14.4 Å². The number of carboxylic acid groups (broad SMARTS) is 1. The Bertz CT molecular complexity index is 965. The van der Waals surface area contributed by atoms with E-state index in [2.05, 4.69) is 4.98 Å². The molecule has 4 rings (SSSR count). The zero-order valence-electron chi connectivity index (χ0n) is 14.7. The van der Waals surface area contributed by atoms with Crippen LogP contribution in [0.2, 0.25) is 0 Å². The van der Waals surface area contributed by atoms with Gasteiger partial charge >= 0.3 is 5.97 Å². The highest BCUT2D eigenvalue weighted by molar-refractivity contribution is 7.17. The molecule has 2 atom stereocenters. The lowest BCUT2D eigenvalue weighted by atomic mass is 10.0. The maximum atomic E-state index is 13.3. The fourth-order valence-corrected chi connectivity index (χ4v) is 4.46. The first-order valence-electron chi connectivity index (χ1n) is 8.70. The van der Waals surface area contributed by atoms with Gasteiger partial charge in [-0.1, -0.05) is 30.3 Å². The van der Waals surface area contributed by atoms with E-state index in [1.165, 1.54) is 11.3 Å². The van der Waals surface area contributed by atoms with Gasteiger partial charge in [-0.2, -0.15) is 0 Å². The number of likely N-dealkylation sites (tertiary alicyclic amines) is 1. The predicted molar refractivity (Wildman–Crippen MR) is 101 cm³/mol. The number of thiazole rings is 1. The second-order valence-electron chi connectivity index (χ2n) is 6.51. The predicted octanol–water partition coefficient (Wildman–Crippen LogP) is 4.01. The summed E-state index contributed by atoms with van der Waals surface area (Å²) in [4.78, 5) is 31.5. The van der Waals surface area contributed by atoms with Crippen molar-refractivity contribution in [2.75, 3.05) is 6.54 Å². The standard InChI is InChI=1S/C20H18N2O4S/c1-12-14(20(24)25)9-10-22(12)19(23)17-16(13-6-3-2-4-7-13)21-18(27-17)15-8-5-11-26-15/h2-8,11-12,14H,9-10H2,1H3,(H,24,25). The number of furan rings is 1. The van der Waals surface area contributed by atoms with Crippen molar-refractivity contribution in [1.82, 2.24) is 9.88 Å². The van der Waals surface area contributed by atoms with Crippen LogP contribution >= 0.6 is 11.3 Å². The zero-order valence-corrected chi connectivity index (χ0v) is 15.5. The van der Waals surface area contributed by atoms with Gasteiger partial charge in [0.15, 0.2) is 10.8 Å². The molecular weight excluding hydrogens is 364 g/mol. The van der Waals surface area contributed by atoms with Crippen molar-refractivity contribution in [3.63, 3.8) is 0 Å². The van der Waals surface area contributed by atoms with Gasteiger partial charge in [-0.15, -0.1) is 11.3 Å². The summed E-state index contributed by atoms with van der Waals surface area (Å²) in [6.07, 6.45) is 2.03. The van der Waals surface area contributed by atoms with E-state index in [9.17, 15) is 14.7 Å². The molecule has 0 aliphatic carbocycles. The Morgan fingerprint density at radius 3 is 2.63 bits per heavy atom. The van der Waals surface area contributed by atoms with Crippen LogP contribution in [0, 0.1) is 5.92 Å². The summed E-state index contributed by atoms with van der Waals surface area (Å²) in [5, 5.41) is 9.98. The lowest BCUT2D eigenvalue weighted by molar-refractivity contribution is -0.142. The summed E-state index contributed by atoms with van der Waals surface area (Å²) in [7, 11) is 0. The van der Waals surface area contributed by atoms with Crippen molar-refractivity contribution in [2.24, 2.45) is 5.92 Å². The number of rotatable bonds is 4. The highest BCUT2D eigenvalue weighted by Gasteiger charge is 2.39. The molecule has 3 heterocycles. The summed E-state index contributed by atoms with van der Waals surface area (Å²) < 4.78 is 5.44. The molecule has 0 spiro atoms. The highest BCUT2D eigenvalue weighted by atomic mass is 32.1.